The maximum atomic E-state index is 12.9. The summed E-state index contributed by atoms with van der Waals surface area (Å²) >= 11 is 5.63. The van der Waals surface area contributed by atoms with Crippen molar-refractivity contribution < 1.29 is 36.2 Å². The van der Waals surface area contributed by atoms with Crippen LogP contribution in [0.15, 0.2) is 42.5 Å². The van der Waals surface area contributed by atoms with Crippen molar-refractivity contribution in [1.29, 1.82) is 0 Å². The molecule has 0 aliphatic heterocycles. The van der Waals surface area contributed by atoms with Gasteiger partial charge in [-0.1, -0.05) is 18.7 Å². The Balaban J connectivity index is 2.58. The third-order valence-corrected chi connectivity index (χ3v) is 4.24. The van der Waals surface area contributed by atoms with Gasteiger partial charge in [0.05, 0.1) is 11.3 Å². The number of benzene rings is 1. The normalized spacial score (nSPS) is 13.3. The Hall–Kier alpha value is -2.26. The number of hydrogen-bond acceptors (Lipinski definition) is 3. The molecule has 2 rings (SSSR count). The molecule has 1 aromatic carbocycles. The van der Waals surface area contributed by atoms with Crippen LogP contribution in [0.5, 0.6) is 5.75 Å². The fraction of sp³-hybridized carbons (Fsp3) is 0.316. The number of aliphatic hydroxyl groups is 1. The van der Waals surface area contributed by atoms with Gasteiger partial charge < -0.3 is 9.84 Å². The monoisotopic (exact) mass is 439 g/mol. The fourth-order valence-electron chi connectivity index (χ4n) is 2.40. The highest BCUT2D eigenvalue weighted by Gasteiger charge is 2.41. The second-order valence-electron chi connectivity index (χ2n) is 6.23. The van der Waals surface area contributed by atoms with Crippen molar-refractivity contribution in [3.8, 4) is 17.0 Å². The molecule has 0 amide bonds. The minimum absolute atomic E-state index is 0.0501. The molecule has 1 aromatic heterocycles. The average molecular weight is 440 g/mol. The fourth-order valence-corrected chi connectivity index (χ4v) is 2.48. The predicted molar refractivity (Wildman–Crippen MR) is 95.8 cm³/mol. The zero-order valence-corrected chi connectivity index (χ0v) is 15.8. The van der Waals surface area contributed by atoms with E-state index in [1.165, 1.54) is 6.92 Å². The van der Waals surface area contributed by atoms with Gasteiger partial charge >= 0.3 is 12.4 Å². The Labute approximate surface area is 167 Å². The first-order valence-electron chi connectivity index (χ1n) is 8.14. The van der Waals surface area contributed by atoms with Crippen molar-refractivity contribution >= 4 is 11.6 Å². The van der Waals surface area contributed by atoms with Gasteiger partial charge in [-0.3, -0.25) is 0 Å². The zero-order valence-electron chi connectivity index (χ0n) is 15.0. The van der Waals surface area contributed by atoms with Crippen LogP contribution in [0.4, 0.5) is 26.3 Å². The largest absolute Gasteiger partial charge is 0.487 e. The van der Waals surface area contributed by atoms with E-state index >= 15 is 0 Å². The maximum Gasteiger partial charge on any atom is 0.420 e. The minimum Gasteiger partial charge on any atom is -0.487 e. The molecule has 0 radical (unpaired) electrons. The second-order valence-corrected chi connectivity index (χ2v) is 6.50. The maximum absolute atomic E-state index is 12.9. The van der Waals surface area contributed by atoms with Gasteiger partial charge in [-0.25, -0.2) is 4.98 Å². The Morgan fingerprint density at radius 2 is 1.76 bits per heavy atom. The molecule has 1 N–H and O–H groups in total. The van der Waals surface area contributed by atoms with Crippen LogP contribution in [-0.2, 0) is 6.18 Å². The molecule has 0 bridgehead atoms. The van der Waals surface area contributed by atoms with E-state index in [1.54, 1.807) is 0 Å². The van der Waals surface area contributed by atoms with Gasteiger partial charge in [-0.2, -0.15) is 26.3 Å². The van der Waals surface area contributed by atoms with Crippen LogP contribution < -0.4 is 4.74 Å². The number of pyridine rings is 1. The zero-order chi connectivity index (χ0) is 22.0. The second kappa shape index (κ2) is 8.62. The van der Waals surface area contributed by atoms with Crippen molar-refractivity contribution in [1.82, 2.24) is 4.98 Å². The van der Waals surface area contributed by atoms with Gasteiger partial charge in [0.25, 0.3) is 0 Å². The molecule has 1 atom stereocenters. The van der Waals surface area contributed by atoms with E-state index in [9.17, 15) is 31.4 Å². The number of alkyl halides is 7. The molecule has 0 spiro atoms. The lowest BCUT2D eigenvalue weighted by atomic mass is 10.0. The molecule has 1 unspecified atom stereocenters. The molecule has 3 nitrogen and oxygen atoms in total. The van der Waals surface area contributed by atoms with Gasteiger partial charge in [0.1, 0.15) is 18.1 Å². The van der Waals surface area contributed by atoms with E-state index in [0.717, 1.165) is 30.3 Å². The van der Waals surface area contributed by atoms with Gasteiger partial charge in [-0.15, -0.1) is 11.6 Å². The van der Waals surface area contributed by atoms with Crippen molar-refractivity contribution in [2.75, 3.05) is 12.5 Å². The lowest BCUT2D eigenvalue weighted by Crippen LogP contribution is -2.22. The SMILES string of the molecule is C=C(CCl)COc1c(C)cc(C(O)C(F)(F)F)nc1-c1ccc(C(F)(F)F)cc1. The number of nitrogens with zero attached hydrogens (tertiary/aromatic N) is 1. The van der Waals surface area contributed by atoms with Crippen LogP contribution in [0.3, 0.4) is 0 Å². The molecule has 0 saturated heterocycles. The molecule has 0 aliphatic carbocycles. The van der Waals surface area contributed by atoms with E-state index in [1.807, 2.05) is 0 Å². The van der Waals surface area contributed by atoms with Crippen molar-refractivity contribution in [3.63, 3.8) is 0 Å². The summed E-state index contributed by atoms with van der Waals surface area (Å²) in [6.07, 6.45) is -12.4. The lowest BCUT2D eigenvalue weighted by Gasteiger charge is -2.19. The van der Waals surface area contributed by atoms with Gasteiger partial charge in [0.2, 0.25) is 0 Å². The molecule has 0 saturated carbocycles. The lowest BCUT2D eigenvalue weighted by molar-refractivity contribution is -0.207. The molecule has 158 valence electrons. The van der Waals surface area contributed by atoms with Crippen molar-refractivity contribution in [2.24, 2.45) is 0 Å². The molecule has 10 heteroatoms. The minimum atomic E-state index is -4.97. The van der Waals surface area contributed by atoms with Crippen LogP contribution in [0, 0.1) is 6.92 Å². The first-order valence-corrected chi connectivity index (χ1v) is 8.67. The van der Waals surface area contributed by atoms with Crippen molar-refractivity contribution in [3.05, 3.63) is 59.3 Å². The molecule has 0 aliphatic rings. The third-order valence-electron chi connectivity index (χ3n) is 3.86. The van der Waals surface area contributed by atoms with Crippen LogP contribution in [-0.4, -0.2) is 28.8 Å². The molecule has 29 heavy (non-hydrogen) atoms. The molecule has 2 aromatic rings. The highest BCUT2D eigenvalue weighted by Crippen LogP contribution is 2.38. The predicted octanol–water partition coefficient (Wildman–Crippen LogP) is 5.85. The number of aromatic nitrogens is 1. The van der Waals surface area contributed by atoms with Crippen LogP contribution in [0.1, 0.15) is 22.9 Å². The number of rotatable bonds is 6. The van der Waals surface area contributed by atoms with Gasteiger partial charge in [0, 0.05) is 11.4 Å². The number of ether oxygens (including phenoxy) is 1. The first kappa shape index (κ1) is 23.0. The molecular formula is C19H16ClF6NO2. The van der Waals surface area contributed by atoms with E-state index < -0.39 is 29.7 Å². The van der Waals surface area contributed by atoms with E-state index in [0.29, 0.717) is 5.57 Å². The van der Waals surface area contributed by atoms with E-state index in [-0.39, 0.29) is 35.1 Å². The smallest absolute Gasteiger partial charge is 0.420 e. The third kappa shape index (κ3) is 5.63. The number of hydrogen-bond donors (Lipinski definition) is 1. The van der Waals surface area contributed by atoms with Crippen LogP contribution in [0.2, 0.25) is 0 Å². The standard InChI is InChI=1S/C19H16ClF6NO2/c1-10(8-20)9-29-16-11(2)7-14(17(28)19(24,25)26)27-15(16)12-3-5-13(6-4-12)18(21,22)23/h3-7,17,28H,1,8-9H2,2H3. The summed E-state index contributed by atoms with van der Waals surface area (Å²) in [5, 5.41) is 9.54. The highest BCUT2D eigenvalue weighted by molar-refractivity contribution is 6.19. The van der Waals surface area contributed by atoms with Crippen LogP contribution >= 0.6 is 11.6 Å². The molecular weight excluding hydrogens is 424 g/mol. The Bertz CT molecular complexity index is 878. The molecule has 1 heterocycles. The first-order chi connectivity index (χ1) is 13.3. The Kier molecular flexibility index (Phi) is 6.85. The topological polar surface area (TPSA) is 42.4 Å². The van der Waals surface area contributed by atoms with E-state index in [2.05, 4.69) is 11.6 Å². The summed E-state index contributed by atoms with van der Waals surface area (Å²) in [7, 11) is 0. The number of aryl methyl sites for hydroxylation is 1. The summed E-state index contributed by atoms with van der Waals surface area (Å²) < 4.78 is 82.7. The summed E-state index contributed by atoms with van der Waals surface area (Å²) in [5.41, 5.74) is -1.00. The number of aliphatic hydroxyl groups excluding tert-OH is 1. The highest BCUT2D eigenvalue weighted by atomic mass is 35.5. The summed E-state index contributed by atoms with van der Waals surface area (Å²) in [5.74, 6) is 0.126. The van der Waals surface area contributed by atoms with E-state index in [4.69, 9.17) is 16.3 Å². The Morgan fingerprint density at radius 1 is 1.17 bits per heavy atom. The Morgan fingerprint density at radius 3 is 2.24 bits per heavy atom. The van der Waals surface area contributed by atoms with Gasteiger partial charge in [0.15, 0.2) is 6.10 Å². The quantitative estimate of drug-likeness (QED) is 0.349. The van der Waals surface area contributed by atoms with Crippen LogP contribution in [0.25, 0.3) is 11.3 Å². The average Bonchev–Trinajstić information content (AvgIpc) is 2.64. The van der Waals surface area contributed by atoms with Crippen molar-refractivity contribution in [2.45, 2.75) is 25.4 Å². The summed E-state index contributed by atoms with van der Waals surface area (Å²) in [6.45, 7) is 5.01. The summed E-state index contributed by atoms with van der Waals surface area (Å²) in [4.78, 5) is 3.83. The molecule has 0 fully saturated rings. The number of halogens is 7. The summed E-state index contributed by atoms with van der Waals surface area (Å²) in [6, 6.07) is 4.70. The van der Waals surface area contributed by atoms with Gasteiger partial charge in [-0.05, 0) is 36.3 Å².